The highest BCUT2D eigenvalue weighted by Gasteiger charge is 2.19. The van der Waals surface area contributed by atoms with Crippen molar-refractivity contribution in [2.75, 3.05) is 20.2 Å². The van der Waals surface area contributed by atoms with Gasteiger partial charge in [-0.2, -0.15) is 0 Å². The Bertz CT molecular complexity index is 1420. The zero-order valence-electron chi connectivity index (χ0n) is 22.2. The molecule has 0 fully saturated rings. The van der Waals surface area contributed by atoms with E-state index in [1.165, 1.54) is 5.56 Å². The highest BCUT2D eigenvalue weighted by atomic mass is 16.5. The van der Waals surface area contributed by atoms with Gasteiger partial charge in [0.2, 0.25) is 0 Å². The molecule has 6 nitrogen and oxygen atoms in total. The molecule has 3 aromatic carbocycles. The van der Waals surface area contributed by atoms with Crippen LogP contribution in [0.1, 0.15) is 40.9 Å². The molecule has 1 aromatic heterocycles. The number of aromatic amines is 1. The Morgan fingerprint density at radius 2 is 1.84 bits per heavy atom. The second kappa shape index (κ2) is 13.0. The van der Waals surface area contributed by atoms with Gasteiger partial charge in [-0.05, 0) is 62.7 Å². The molecule has 0 radical (unpaired) electrons. The summed E-state index contributed by atoms with van der Waals surface area (Å²) in [7, 11) is 2.03. The fourth-order valence-corrected chi connectivity index (χ4v) is 4.36. The van der Waals surface area contributed by atoms with E-state index >= 15 is 0 Å². The van der Waals surface area contributed by atoms with Crippen LogP contribution >= 0.6 is 0 Å². The van der Waals surface area contributed by atoms with E-state index in [0.29, 0.717) is 24.3 Å². The third kappa shape index (κ3) is 7.25. The van der Waals surface area contributed by atoms with Gasteiger partial charge in [-0.3, -0.25) is 9.69 Å². The number of ether oxygens (including phenoxy) is 1. The maximum absolute atomic E-state index is 13.4. The zero-order valence-corrected chi connectivity index (χ0v) is 22.2. The average molecular weight is 510 g/mol. The van der Waals surface area contributed by atoms with E-state index in [9.17, 15) is 9.90 Å². The molecule has 196 valence electrons. The van der Waals surface area contributed by atoms with Gasteiger partial charge in [0.1, 0.15) is 5.75 Å². The number of para-hydroxylation sites is 1. The van der Waals surface area contributed by atoms with E-state index in [-0.39, 0.29) is 18.6 Å². The van der Waals surface area contributed by atoms with Crippen LogP contribution in [0.5, 0.6) is 5.75 Å². The van der Waals surface area contributed by atoms with Crippen LogP contribution < -0.4 is 10.1 Å². The SMILES string of the molecule is CC(C)Oc1ccc(C#CCN(C)Cc2ccccc2)cc1C(=O)N[C@@H](CO)Cc1c[nH]c2ccccc12. The number of fused-ring (bicyclic) bond motifs is 1. The van der Waals surface area contributed by atoms with E-state index in [2.05, 4.69) is 39.2 Å². The van der Waals surface area contributed by atoms with E-state index in [0.717, 1.165) is 28.6 Å². The van der Waals surface area contributed by atoms with Crippen molar-refractivity contribution in [2.45, 2.75) is 39.0 Å². The number of nitrogens with zero attached hydrogens (tertiary/aromatic N) is 1. The molecule has 0 saturated heterocycles. The van der Waals surface area contributed by atoms with E-state index in [1.54, 1.807) is 12.1 Å². The van der Waals surface area contributed by atoms with Gasteiger partial charge in [0, 0.05) is 29.2 Å². The fourth-order valence-electron chi connectivity index (χ4n) is 4.36. The molecule has 1 atom stereocenters. The molecule has 6 heteroatoms. The Balaban J connectivity index is 1.47. The third-order valence-electron chi connectivity index (χ3n) is 6.16. The molecule has 0 aliphatic heterocycles. The normalized spacial score (nSPS) is 11.8. The highest BCUT2D eigenvalue weighted by molar-refractivity contribution is 5.97. The maximum Gasteiger partial charge on any atom is 0.255 e. The van der Waals surface area contributed by atoms with Crippen molar-refractivity contribution in [3.8, 4) is 17.6 Å². The largest absolute Gasteiger partial charge is 0.490 e. The molecule has 3 N–H and O–H groups in total. The van der Waals surface area contributed by atoms with Gasteiger partial charge in [0.25, 0.3) is 5.91 Å². The first-order chi connectivity index (χ1) is 18.4. The number of rotatable bonds is 10. The summed E-state index contributed by atoms with van der Waals surface area (Å²) in [4.78, 5) is 18.8. The van der Waals surface area contributed by atoms with E-state index in [1.807, 2.05) is 75.6 Å². The first-order valence-electron chi connectivity index (χ1n) is 12.9. The number of carbonyl (C=O) groups is 1. The Labute approximate surface area is 224 Å². The first kappa shape index (κ1) is 27.0. The number of H-pyrrole nitrogens is 1. The van der Waals surface area contributed by atoms with Gasteiger partial charge in [-0.15, -0.1) is 0 Å². The lowest BCUT2D eigenvalue weighted by atomic mass is 10.0. The number of nitrogens with one attached hydrogen (secondary N) is 2. The van der Waals surface area contributed by atoms with Gasteiger partial charge >= 0.3 is 0 Å². The molecule has 1 amide bonds. The van der Waals surface area contributed by atoms with Crippen molar-refractivity contribution >= 4 is 16.8 Å². The maximum atomic E-state index is 13.4. The quantitative estimate of drug-likeness (QED) is 0.269. The lowest BCUT2D eigenvalue weighted by Crippen LogP contribution is -2.39. The molecular formula is C32H35N3O3. The summed E-state index contributed by atoms with van der Waals surface area (Å²) in [6.07, 6.45) is 2.34. The van der Waals surface area contributed by atoms with Crippen molar-refractivity contribution in [3.63, 3.8) is 0 Å². The van der Waals surface area contributed by atoms with E-state index < -0.39 is 6.04 Å². The summed E-state index contributed by atoms with van der Waals surface area (Å²) in [5.74, 6) is 6.58. The molecule has 0 unspecified atom stereocenters. The lowest BCUT2D eigenvalue weighted by molar-refractivity contribution is 0.0910. The van der Waals surface area contributed by atoms with Gasteiger partial charge in [-0.25, -0.2) is 0 Å². The van der Waals surface area contributed by atoms with Gasteiger partial charge in [0.15, 0.2) is 0 Å². The van der Waals surface area contributed by atoms with Gasteiger partial charge in [-0.1, -0.05) is 60.4 Å². The van der Waals surface area contributed by atoms with Crippen molar-refractivity contribution in [3.05, 3.63) is 101 Å². The minimum absolute atomic E-state index is 0.0926. The average Bonchev–Trinajstić information content (AvgIpc) is 3.32. The van der Waals surface area contributed by atoms with Crippen molar-refractivity contribution in [1.29, 1.82) is 0 Å². The topological polar surface area (TPSA) is 77.6 Å². The van der Waals surface area contributed by atoms with Crippen LogP contribution in [0.2, 0.25) is 0 Å². The Morgan fingerprint density at radius 3 is 2.61 bits per heavy atom. The Hall–Kier alpha value is -4.05. The second-order valence-corrected chi connectivity index (χ2v) is 9.75. The smallest absolute Gasteiger partial charge is 0.255 e. The number of aliphatic hydroxyl groups excluding tert-OH is 1. The number of aliphatic hydroxyl groups is 1. The van der Waals surface area contributed by atoms with Gasteiger partial charge in [0.05, 0.1) is 30.9 Å². The first-order valence-corrected chi connectivity index (χ1v) is 12.9. The minimum atomic E-state index is -0.449. The van der Waals surface area contributed by atoms with Crippen LogP contribution in [-0.2, 0) is 13.0 Å². The van der Waals surface area contributed by atoms with Crippen molar-refractivity contribution in [2.24, 2.45) is 0 Å². The molecular weight excluding hydrogens is 474 g/mol. The highest BCUT2D eigenvalue weighted by Crippen LogP contribution is 2.23. The Kier molecular flexibility index (Phi) is 9.21. The van der Waals surface area contributed by atoms with Crippen LogP contribution in [0.15, 0.2) is 79.0 Å². The van der Waals surface area contributed by atoms with E-state index in [4.69, 9.17) is 4.74 Å². The van der Waals surface area contributed by atoms with Gasteiger partial charge < -0.3 is 20.1 Å². The molecule has 0 aliphatic carbocycles. The number of hydrogen-bond acceptors (Lipinski definition) is 4. The summed E-state index contributed by atoms with van der Waals surface area (Å²) in [6, 6.07) is 23.2. The van der Waals surface area contributed by atoms with Crippen LogP contribution in [-0.4, -0.2) is 53.2 Å². The predicted octanol–water partition coefficient (Wildman–Crippen LogP) is 4.77. The number of carbonyl (C=O) groups excluding carboxylic acids is 1. The molecule has 0 aliphatic rings. The molecule has 0 spiro atoms. The Morgan fingerprint density at radius 1 is 1.08 bits per heavy atom. The molecule has 1 heterocycles. The van der Waals surface area contributed by atoms with Crippen molar-refractivity contribution < 1.29 is 14.6 Å². The number of benzene rings is 3. The molecule has 4 aromatic rings. The summed E-state index contributed by atoms with van der Waals surface area (Å²) < 4.78 is 5.92. The predicted molar refractivity (Wildman–Crippen MR) is 152 cm³/mol. The molecule has 0 bridgehead atoms. The summed E-state index contributed by atoms with van der Waals surface area (Å²) in [5.41, 5.74) is 4.44. The third-order valence-corrected chi connectivity index (χ3v) is 6.16. The lowest BCUT2D eigenvalue weighted by Gasteiger charge is -2.19. The number of amides is 1. The van der Waals surface area contributed by atoms with Crippen LogP contribution in [0, 0.1) is 11.8 Å². The van der Waals surface area contributed by atoms with Crippen LogP contribution in [0.4, 0.5) is 0 Å². The molecule has 0 saturated carbocycles. The monoisotopic (exact) mass is 509 g/mol. The molecule has 4 rings (SSSR count). The summed E-state index contributed by atoms with van der Waals surface area (Å²) in [5, 5.41) is 14.1. The summed E-state index contributed by atoms with van der Waals surface area (Å²) in [6.45, 7) is 5.07. The van der Waals surface area contributed by atoms with Crippen molar-refractivity contribution in [1.82, 2.24) is 15.2 Å². The number of aromatic nitrogens is 1. The fraction of sp³-hybridized carbons (Fsp3) is 0.281. The van der Waals surface area contributed by atoms with Crippen LogP contribution in [0.3, 0.4) is 0 Å². The molecule has 38 heavy (non-hydrogen) atoms. The second-order valence-electron chi connectivity index (χ2n) is 9.75. The zero-order chi connectivity index (χ0) is 26.9. The minimum Gasteiger partial charge on any atom is -0.490 e. The standard InChI is InChI=1S/C32H35N3O3/c1-23(2)38-31-16-15-24(12-9-17-35(3)21-25-10-5-4-6-11-25)18-29(31)32(37)34-27(22-36)19-26-20-33-30-14-8-7-13-28(26)30/h4-8,10-11,13-16,18,20,23,27,33,36H,17,19,21-22H2,1-3H3,(H,34,37)/t27-/m1/s1. The van der Waals surface area contributed by atoms with Crippen LogP contribution in [0.25, 0.3) is 10.9 Å². The summed E-state index contributed by atoms with van der Waals surface area (Å²) >= 11 is 0. The number of hydrogen-bond donors (Lipinski definition) is 3.